The van der Waals surface area contributed by atoms with Gasteiger partial charge in [-0.1, -0.05) is 12.1 Å². The van der Waals surface area contributed by atoms with Crippen molar-refractivity contribution in [3.63, 3.8) is 0 Å². The number of hydrogen-bond acceptors (Lipinski definition) is 4. The molecule has 1 aromatic carbocycles. The quantitative estimate of drug-likeness (QED) is 0.885. The highest BCUT2D eigenvalue weighted by atomic mass is 14.9. The van der Waals surface area contributed by atoms with E-state index in [-0.39, 0.29) is 0 Å². The van der Waals surface area contributed by atoms with Gasteiger partial charge >= 0.3 is 0 Å². The van der Waals surface area contributed by atoms with E-state index in [9.17, 15) is 0 Å². The third-order valence-electron chi connectivity index (χ3n) is 2.43. The number of hydrogen-bond donors (Lipinski definition) is 1. The Balaban J connectivity index is 2.02. The van der Waals surface area contributed by atoms with Crippen molar-refractivity contribution in [2.45, 2.75) is 6.54 Å². The molecule has 4 nitrogen and oxygen atoms in total. The Labute approximate surface area is 105 Å². The number of nitrogens with zero attached hydrogens (tertiary/aromatic N) is 3. The van der Waals surface area contributed by atoms with Crippen LogP contribution in [0.2, 0.25) is 0 Å². The van der Waals surface area contributed by atoms with Gasteiger partial charge in [-0.25, -0.2) is 4.98 Å². The third-order valence-corrected chi connectivity index (χ3v) is 2.43. The molecule has 0 aliphatic rings. The van der Waals surface area contributed by atoms with Gasteiger partial charge in [-0.3, -0.25) is 0 Å². The highest BCUT2D eigenvalue weighted by molar-refractivity contribution is 5.44. The van der Waals surface area contributed by atoms with Gasteiger partial charge in [-0.05, 0) is 29.8 Å². The van der Waals surface area contributed by atoms with E-state index in [1.165, 1.54) is 0 Å². The average molecular weight is 234 g/mol. The number of pyridine rings is 1. The standard InChI is InChI=1S/C14H10N4/c15-7-11-2-1-3-12(6-11)9-17-14-5-4-13(8-16)18-10-14/h1-6,10,17H,9H2. The molecule has 0 amide bonds. The SMILES string of the molecule is N#Cc1cccc(CNc2ccc(C#N)nc2)c1. The molecule has 18 heavy (non-hydrogen) atoms. The number of rotatable bonds is 3. The van der Waals surface area contributed by atoms with Crippen LogP contribution in [0.5, 0.6) is 0 Å². The molecule has 4 heteroatoms. The lowest BCUT2D eigenvalue weighted by molar-refractivity contribution is 1.13. The highest BCUT2D eigenvalue weighted by Crippen LogP contribution is 2.09. The summed E-state index contributed by atoms with van der Waals surface area (Å²) in [7, 11) is 0. The van der Waals surface area contributed by atoms with Crippen LogP contribution in [-0.4, -0.2) is 4.98 Å². The molecule has 0 spiro atoms. The van der Waals surface area contributed by atoms with Gasteiger partial charge in [0.1, 0.15) is 11.8 Å². The van der Waals surface area contributed by atoms with E-state index in [0.717, 1.165) is 11.3 Å². The second kappa shape index (κ2) is 5.47. The number of anilines is 1. The molecular weight excluding hydrogens is 224 g/mol. The van der Waals surface area contributed by atoms with E-state index in [0.29, 0.717) is 17.8 Å². The van der Waals surface area contributed by atoms with E-state index in [4.69, 9.17) is 10.5 Å². The van der Waals surface area contributed by atoms with Gasteiger partial charge in [0.15, 0.2) is 0 Å². The zero-order valence-electron chi connectivity index (χ0n) is 9.59. The maximum atomic E-state index is 8.79. The first-order valence-corrected chi connectivity index (χ1v) is 5.41. The molecule has 1 N–H and O–H groups in total. The molecule has 2 aromatic rings. The third kappa shape index (κ3) is 2.84. The molecule has 0 saturated heterocycles. The summed E-state index contributed by atoms with van der Waals surface area (Å²) in [5, 5.41) is 20.6. The summed E-state index contributed by atoms with van der Waals surface area (Å²) < 4.78 is 0. The summed E-state index contributed by atoms with van der Waals surface area (Å²) in [6.07, 6.45) is 1.62. The highest BCUT2D eigenvalue weighted by Gasteiger charge is 1.97. The van der Waals surface area contributed by atoms with Crippen molar-refractivity contribution >= 4 is 5.69 Å². The van der Waals surface area contributed by atoms with Gasteiger partial charge in [0.25, 0.3) is 0 Å². The molecule has 2 rings (SSSR count). The van der Waals surface area contributed by atoms with Crippen LogP contribution in [0.1, 0.15) is 16.8 Å². The fourth-order valence-corrected chi connectivity index (χ4v) is 1.52. The zero-order chi connectivity index (χ0) is 12.8. The fraction of sp³-hybridized carbons (Fsp3) is 0.0714. The van der Waals surface area contributed by atoms with Gasteiger partial charge in [-0.2, -0.15) is 10.5 Å². The first-order chi connectivity index (χ1) is 8.81. The lowest BCUT2D eigenvalue weighted by Gasteiger charge is -2.06. The van der Waals surface area contributed by atoms with Crippen molar-refractivity contribution in [3.05, 3.63) is 59.4 Å². The van der Waals surface area contributed by atoms with Gasteiger partial charge < -0.3 is 5.32 Å². The lowest BCUT2D eigenvalue weighted by atomic mass is 10.1. The summed E-state index contributed by atoms with van der Waals surface area (Å²) in [6, 6.07) is 14.9. The molecule has 0 radical (unpaired) electrons. The molecule has 0 aliphatic carbocycles. The van der Waals surface area contributed by atoms with Crippen molar-refractivity contribution in [1.29, 1.82) is 10.5 Å². The molecule has 1 heterocycles. The Morgan fingerprint density at radius 2 is 2.00 bits per heavy atom. The molecule has 0 bridgehead atoms. The first kappa shape index (κ1) is 11.6. The van der Waals surface area contributed by atoms with Crippen LogP contribution in [0.15, 0.2) is 42.6 Å². The van der Waals surface area contributed by atoms with Crippen LogP contribution < -0.4 is 5.32 Å². The zero-order valence-corrected chi connectivity index (χ0v) is 9.59. The molecular formula is C14H10N4. The average Bonchev–Trinajstić information content (AvgIpc) is 2.46. The van der Waals surface area contributed by atoms with Crippen LogP contribution in [-0.2, 0) is 6.54 Å². The topological polar surface area (TPSA) is 72.5 Å². The number of nitrogens with one attached hydrogen (secondary N) is 1. The fourth-order valence-electron chi connectivity index (χ4n) is 1.52. The van der Waals surface area contributed by atoms with Crippen molar-refractivity contribution in [1.82, 2.24) is 4.98 Å². The second-order valence-electron chi connectivity index (χ2n) is 3.71. The van der Waals surface area contributed by atoms with Gasteiger partial charge in [0, 0.05) is 6.54 Å². The van der Waals surface area contributed by atoms with Gasteiger partial charge in [0.05, 0.1) is 23.5 Å². The monoisotopic (exact) mass is 234 g/mol. The lowest BCUT2D eigenvalue weighted by Crippen LogP contribution is -2.00. The summed E-state index contributed by atoms with van der Waals surface area (Å²) in [6.45, 7) is 0.614. The molecule has 86 valence electrons. The second-order valence-corrected chi connectivity index (χ2v) is 3.71. The van der Waals surface area contributed by atoms with Crippen LogP contribution in [0.3, 0.4) is 0 Å². The maximum Gasteiger partial charge on any atom is 0.140 e. The maximum absolute atomic E-state index is 8.79. The van der Waals surface area contributed by atoms with Crippen molar-refractivity contribution in [3.8, 4) is 12.1 Å². The minimum atomic E-state index is 0.395. The van der Waals surface area contributed by atoms with Gasteiger partial charge in [-0.15, -0.1) is 0 Å². The van der Waals surface area contributed by atoms with E-state index >= 15 is 0 Å². The van der Waals surface area contributed by atoms with Crippen LogP contribution in [0.4, 0.5) is 5.69 Å². The van der Waals surface area contributed by atoms with Crippen molar-refractivity contribution in [2.75, 3.05) is 5.32 Å². The smallest absolute Gasteiger partial charge is 0.140 e. The predicted molar refractivity (Wildman–Crippen MR) is 67.4 cm³/mol. The molecule has 1 aromatic heterocycles. The molecule has 0 atom stereocenters. The number of benzene rings is 1. The minimum absolute atomic E-state index is 0.395. The molecule has 0 saturated carbocycles. The Kier molecular flexibility index (Phi) is 3.53. The predicted octanol–water partition coefficient (Wildman–Crippen LogP) is 2.44. The number of aromatic nitrogens is 1. The molecule has 0 fully saturated rings. The van der Waals surface area contributed by atoms with Gasteiger partial charge in [0.2, 0.25) is 0 Å². The summed E-state index contributed by atoms with van der Waals surface area (Å²) in [4.78, 5) is 3.97. The first-order valence-electron chi connectivity index (χ1n) is 5.41. The largest absolute Gasteiger partial charge is 0.380 e. The summed E-state index contributed by atoms with van der Waals surface area (Å²) in [5.41, 5.74) is 2.91. The Hall–Kier alpha value is -2.85. The normalized spacial score (nSPS) is 9.22. The van der Waals surface area contributed by atoms with E-state index in [1.807, 2.05) is 24.3 Å². The summed E-state index contributed by atoms with van der Waals surface area (Å²) in [5.74, 6) is 0. The molecule has 0 unspecified atom stereocenters. The van der Waals surface area contributed by atoms with Crippen molar-refractivity contribution < 1.29 is 0 Å². The van der Waals surface area contributed by atoms with Crippen LogP contribution >= 0.6 is 0 Å². The summed E-state index contributed by atoms with van der Waals surface area (Å²) >= 11 is 0. The Bertz CT molecular complexity index is 617. The van der Waals surface area contributed by atoms with E-state index in [1.54, 1.807) is 24.4 Å². The number of nitriles is 2. The van der Waals surface area contributed by atoms with Crippen molar-refractivity contribution in [2.24, 2.45) is 0 Å². The van der Waals surface area contributed by atoms with Crippen LogP contribution in [0, 0.1) is 22.7 Å². The minimum Gasteiger partial charge on any atom is -0.380 e. The Morgan fingerprint density at radius 1 is 1.11 bits per heavy atom. The Morgan fingerprint density at radius 3 is 2.67 bits per heavy atom. The molecule has 0 aliphatic heterocycles. The van der Waals surface area contributed by atoms with E-state index < -0.39 is 0 Å². The van der Waals surface area contributed by atoms with E-state index in [2.05, 4.69) is 16.4 Å². The van der Waals surface area contributed by atoms with Crippen LogP contribution in [0.25, 0.3) is 0 Å².